The van der Waals surface area contributed by atoms with Gasteiger partial charge in [-0.25, -0.2) is 12.8 Å². The summed E-state index contributed by atoms with van der Waals surface area (Å²) in [6.07, 6.45) is 0.178. The summed E-state index contributed by atoms with van der Waals surface area (Å²) >= 11 is 3.42. The molecule has 0 fully saturated rings. The van der Waals surface area contributed by atoms with E-state index >= 15 is 0 Å². The van der Waals surface area contributed by atoms with Gasteiger partial charge in [0, 0.05) is 23.0 Å². The van der Waals surface area contributed by atoms with Crippen molar-refractivity contribution in [2.24, 2.45) is 0 Å². The summed E-state index contributed by atoms with van der Waals surface area (Å²) in [5.74, 6) is -1.43. The maximum atomic E-state index is 14.5. The first-order valence-corrected chi connectivity index (χ1v) is 16.7. The number of hydrogen-bond donors (Lipinski definition) is 1. The Morgan fingerprint density at radius 2 is 1.51 bits per heavy atom. The van der Waals surface area contributed by atoms with Gasteiger partial charge in [-0.2, -0.15) is 0 Å². The second-order valence-corrected chi connectivity index (χ2v) is 14.7. The number of halogens is 2. The van der Waals surface area contributed by atoms with Gasteiger partial charge in [0.05, 0.1) is 10.6 Å². The van der Waals surface area contributed by atoms with Crippen LogP contribution in [-0.2, 0) is 32.6 Å². The molecule has 10 heteroatoms. The van der Waals surface area contributed by atoms with Gasteiger partial charge in [0.2, 0.25) is 11.8 Å². The number of carbonyl (C=O) groups excluding carboxylic acids is 2. The number of benzene rings is 4. The standard InChI is InChI=1S/C35H37BrFN3O4S/c1-25-13-19-31(20-14-25)45(43,44)40(30-12-8-11-28(36)22-30)24-33(41)39(23-27-15-17-29(37)18-16-27)32(34(42)38-35(2,3)4)21-26-9-6-5-7-10-26/h5-20,22,32H,21,23-24H2,1-4H3,(H,38,42)/t32-/m0/s1. The van der Waals surface area contributed by atoms with Crippen LogP contribution < -0.4 is 9.62 Å². The van der Waals surface area contributed by atoms with Gasteiger partial charge in [0.25, 0.3) is 10.0 Å². The molecule has 1 N–H and O–H groups in total. The molecular weight excluding hydrogens is 657 g/mol. The summed E-state index contributed by atoms with van der Waals surface area (Å²) in [6, 6.07) is 27.0. The number of anilines is 1. The van der Waals surface area contributed by atoms with Crippen molar-refractivity contribution in [2.75, 3.05) is 10.8 Å². The van der Waals surface area contributed by atoms with Crippen molar-refractivity contribution in [3.8, 4) is 0 Å². The van der Waals surface area contributed by atoms with Crippen LogP contribution in [0.4, 0.5) is 10.1 Å². The molecule has 45 heavy (non-hydrogen) atoms. The molecule has 0 bridgehead atoms. The second kappa shape index (κ2) is 14.4. The van der Waals surface area contributed by atoms with E-state index in [9.17, 15) is 22.4 Å². The fraction of sp³-hybridized carbons (Fsp3) is 0.257. The molecule has 0 aliphatic carbocycles. The average Bonchev–Trinajstić information content (AvgIpc) is 2.98. The monoisotopic (exact) mass is 693 g/mol. The van der Waals surface area contributed by atoms with Gasteiger partial charge in [-0.15, -0.1) is 0 Å². The summed E-state index contributed by atoms with van der Waals surface area (Å²) in [5.41, 5.74) is 1.96. The molecule has 7 nitrogen and oxygen atoms in total. The molecule has 0 saturated heterocycles. The van der Waals surface area contributed by atoms with Crippen LogP contribution in [0.2, 0.25) is 0 Å². The van der Waals surface area contributed by atoms with Gasteiger partial charge < -0.3 is 10.2 Å². The number of nitrogens with one attached hydrogen (secondary N) is 1. The lowest BCUT2D eigenvalue weighted by atomic mass is 10.0. The molecule has 4 aromatic carbocycles. The number of rotatable bonds is 11. The normalized spacial score (nSPS) is 12.3. The van der Waals surface area contributed by atoms with Crippen LogP contribution in [0.5, 0.6) is 0 Å². The molecule has 2 amide bonds. The summed E-state index contributed by atoms with van der Waals surface area (Å²) in [5, 5.41) is 2.99. The Morgan fingerprint density at radius 1 is 0.867 bits per heavy atom. The minimum absolute atomic E-state index is 0.0253. The van der Waals surface area contributed by atoms with Gasteiger partial charge in [0.15, 0.2) is 0 Å². The smallest absolute Gasteiger partial charge is 0.264 e. The van der Waals surface area contributed by atoms with E-state index in [0.717, 1.165) is 15.4 Å². The Labute approximate surface area is 273 Å². The number of nitrogens with zero attached hydrogens (tertiary/aromatic N) is 2. The minimum Gasteiger partial charge on any atom is -0.350 e. The highest BCUT2D eigenvalue weighted by molar-refractivity contribution is 9.10. The zero-order valence-corrected chi connectivity index (χ0v) is 28.1. The Balaban J connectivity index is 1.81. The van der Waals surface area contributed by atoms with Crippen LogP contribution in [-0.4, -0.2) is 43.3 Å². The van der Waals surface area contributed by atoms with Crippen molar-refractivity contribution in [3.63, 3.8) is 0 Å². The third kappa shape index (κ3) is 9.25. The average molecular weight is 695 g/mol. The number of hydrogen-bond acceptors (Lipinski definition) is 4. The molecule has 0 saturated carbocycles. The largest absolute Gasteiger partial charge is 0.350 e. The lowest BCUT2D eigenvalue weighted by Crippen LogP contribution is -2.56. The van der Waals surface area contributed by atoms with E-state index in [1.807, 2.05) is 58.0 Å². The summed E-state index contributed by atoms with van der Waals surface area (Å²) < 4.78 is 43.7. The van der Waals surface area contributed by atoms with E-state index in [1.54, 1.807) is 48.5 Å². The Bertz CT molecular complexity index is 1730. The van der Waals surface area contributed by atoms with Crippen molar-refractivity contribution in [2.45, 2.75) is 57.1 Å². The van der Waals surface area contributed by atoms with Crippen LogP contribution in [0.3, 0.4) is 0 Å². The first kappa shape index (κ1) is 33.9. The van der Waals surface area contributed by atoms with E-state index in [-0.39, 0.29) is 23.5 Å². The quantitative estimate of drug-likeness (QED) is 0.191. The van der Waals surface area contributed by atoms with Crippen LogP contribution in [0.15, 0.2) is 112 Å². The molecule has 4 rings (SSSR count). The number of aryl methyl sites for hydroxylation is 1. The minimum atomic E-state index is -4.21. The van der Waals surface area contributed by atoms with Crippen molar-refractivity contribution < 1.29 is 22.4 Å². The van der Waals surface area contributed by atoms with E-state index < -0.39 is 45.8 Å². The molecule has 0 radical (unpaired) electrons. The Kier molecular flexibility index (Phi) is 10.8. The first-order valence-electron chi connectivity index (χ1n) is 14.5. The van der Waals surface area contributed by atoms with Crippen molar-refractivity contribution in [1.29, 1.82) is 0 Å². The Morgan fingerprint density at radius 3 is 2.11 bits per heavy atom. The third-order valence-electron chi connectivity index (χ3n) is 7.02. The Hall–Kier alpha value is -4.02. The van der Waals surface area contributed by atoms with E-state index in [0.29, 0.717) is 10.0 Å². The molecule has 4 aromatic rings. The lowest BCUT2D eigenvalue weighted by molar-refractivity contribution is -0.140. The summed E-state index contributed by atoms with van der Waals surface area (Å²) in [4.78, 5) is 29.8. The SMILES string of the molecule is Cc1ccc(S(=O)(=O)N(CC(=O)N(Cc2ccc(F)cc2)[C@@H](Cc2ccccc2)C(=O)NC(C)(C)C)c2cccc(Br)c2)cc1. The van der Waals surface area contributed by atoms with E-state index in [1.165, 1.54) is 29.2 Å². The molecule has 0 unspecified atom stereocenters. The van der Waals surface area contributed by atoms with Crippen molar-refractivity contribution in [3.05, 3.63) is 130 Å². The van der Waals surface area contributed by atoms with E-state index in [2.05, 4.69) is 21.2 Å². The zero-order valence-electron chi connectivity index (χ0n) is 25.7. The summed E-state index contributed by atoms with van der Waals surface area (Å²) in [6.45, 7) is 6.77. The molecular formula is C35H37BrFN3O4S. The van der Waals surface area contributed by atoms with Crippen molar-refractivity contribution in [1.82, 2.24) is 10.2 Å². The van der Waals surface area contributed by atoms with Gasteiger partial charge in [-0.1, -0.05) is 82.2 Å². The topological polar surface area (TPSA) is 86.8 Å². The molecule has 0 spiro atoms. The molecule has 0 heterocycles. The second-order valence-electron chi connectivity index (χ2n) is 11.9. The maximum Gasteiger partial charge on any atom is 0.264 e. The van der Waals surface area contributed by atoms with Gasteiger partial charge in [0.1, 0.15) is 18.4 Å². The maximum absolute atomic E-state index is 14.5. The predicted octanol–water partition coefficient (Wildman–Crippen LogP) is 6.65. The number of sulfonamides is 1. The van der Waals surface area contributed by atoms with Gasteiger partial charge >= 0.3 is 0 Å². The molecule has 1 atom stereocenters. The number of carbonyl (C=O) groups is 2. The molecule has 0 aromatic heterocycles. The van der Waals surface area contributed by atoms with Crippen LogP contribution in [0.1, 0.15) is 37.5 Å². The van der Waals surface area contributed by atoms with Gasteiger partial charge in [-0.3, -0.25) is 13.9 Å². The van der Waals surface area contributed by atoms with Crippen LogP contribution in [0.25, 0.3) is 0 Å². The highest BCUT2D eigenvalue weighted by atomic mass is 79.9. The van der Waals surface area contributed by atoms with Crippen molar-refractivity contribution >= 4 is 43.5 Å². The molecule has 0 aliphatic rings. The summed E-state index contributed by atoms with van der Waals surface area (Å²) in [7, 11) is -4.21. The molecule has 0 aliphatic heterocycles. The predicted molar refractivity (Wildman–Crippen MR) is 179 cm³/mol. The van der Waals surface area contributed by atoms with Gasteiger partial charge in [-0.05, 0) is 81.3 Å². The lowest BCUT2D eigenvalue weighted by Gasteiger charge is -2.35. The highest BCUT2D eigenvalue weighted by Crippen LogP contribution is 2.27. The fourth-order valence-electron chi connectivity index (χ4n) is 4.79. The number of amides is 2. The third-order valence-corrected chi connectivity index (χ3v) is 9.30. The highest BCUT2D eigenvalue weighted by Gasteiger charge is 2.35. The van der Waals surface area contributed by atoms with Crippen LogP contribution >= 0.6 is 15.9 Å². The molecule has 236 valence electrons. The zero-order chi connectivity index (χ0) is 32.8. The van der Waals surface area contributed by atoms with Crippen LogP contribution in [0, 0.1) is 12.7 Å². The first-order chi connectivity index (χ1) is 21.2. The fourth-order valence-corrected chi connectivity index (χ4v) is 6.58. The van der Waals surface area contributed by atoms with E-state index in [4.69, 9.17) is 0 Å².